The molecule has 6 nitrogen and oxygen atoms in total. The van der Waals surface area contributed by atoms with Crippen molar-refractivity contribution in [1.82, 2.24) is 20.6 Å². The van der Waals surface area contributed by atoms with Gasteiger partial charge in [0, 0.05) is 31.5 Å². The highest BCUT2D eigenvalue weighted by Crippen LogP contribution is 2.15. The molecule has 1 aromatic rings. The minimum Gasteiger partial charge on any atom is -0.352 e. The first-order valence-corrected chi connectivity index (χ1v) is 7.31. The number of piperidine rings is 1. The van der Waals surface area contributed by atoms with Crippen molar-refractivity contribution >= 4 is 11.9 Å². The van der Waals surface area contributed by atoms with Crippen molar-refractivity contribution in [3.63, 3.8) is 0 Å². The van der Waals surface area contributed by atoms with Gasteiger partial charge >= 0.3 is 0 Å². The van der Waals surface area contributed by atoms with E-state index in [-0.39, 0.29) is 11.9 Å². The first kappa shape index (κ1) is 14.7. The van der Waals surface area contributed by atoms with Crippen LogP contribution in [0.2, 0.25) is 0 Å². The van der Waals surface area contributed by atoms with Crippen LogP contribution in [0.4, 0.5) is 5.95 Å². The Bertz CT molecular complexity index is 403. The van der Waals surface area contributed by atoms with Crippen LogP contribution in [0.3, 0.4) is 0 Å². The zero-order valence-electron chi connectivity index (χ0n) is 12.0. The molecule has 0 saturated carbocycles. The highest BCUT2D eigenvalue weighted by atomic mass is 16.1. The molecule has 1 amide bonds. The first-order chi connectivity index (χ1) is 9.79. The summed E-state index contributed by atoms with van der Waals surface area (Å²) in [5.41, 5.74) is 0. The lowest BCUT2D eigenvalue weighted by molar-refractivity contribution is -0.121. The largest absolute Gasteiger partial charge is 0.352 e. The predicted octanol–water partition coefficient (Wildman–Crippen LogP) is 0.561. The molecule has 0 aliphatic carbocycles. The number of rotatable bonds is 6. The molecule has 0 aromatic carbocycles. The van der Waals surface area contributed by atoms with E-state index < -0.39 is 0 Å². The molecule has 0 unspecified atom stereocenters. The Balaban J connectivity index is 1.70. The third-order valence-corrected chi connectivity index (χ3v) is 3.41. The summed E-state index contributed by atoms with van der Waals surface area (Å²) in [6.45, 7) is 5.16. The van der Waals surface area contributed by atoms with Gasteiger partial charge in [-0.2, -0.15) is 0 Å². The molecule has 0 bridgehead atoms. The molecule has 2 heterocycles. The zero-order chi connectivity index (χ0) is 14.2. The van der Waals surface area contributed by atoms with E-state index in [0.717, 1.165) is 44.8 Å². The van der Waals surface area contributed by atoms with Crippen molar-refractivity contribution in [3.8, 4) is 0 Å². The highest BCUT2D eigenvalue weighted by molar-refractivity contribution is 5.78. The van der Waals surface area contributed by atoms with Gasteiger partial charge in [0.1, 0.15) is 0 Å². The van der Waals surface area contributed by atoms with Gasteiger partial charge in [0.05, 0.1) is 6.54 Å². The summed E-state index contributed by atoms with van der Waals surface area (Å²) in [5.74, 6) is 0.870. The molecule has 110 valence electrons. The quantitative estimate of drug-likeness (QED) is 0.744. The van der Waals surface area contributed by atoms with Gasteiger partial charge in [-0.15, -0.1) is 0 Å². The summed E-state index contributed by atoms with van der Waals surface area (Å²) in [5, 5.41) is 6.20. The minimum atomic E-state index is 0.0906. The molecule has 0 atom stereocenters. The summed E-state index contributed by atoms with van der Waals surface area (Å²) < 4.78 is 0. The van der Waals surface area contributed by atoms with Gasteiger partial charge in [-0.3, -0.25) is 4.79 Å². The molecule has 1 aliphatic heterocycles. The van der Waals surface area contributed by atoms with Crippen molar-refractivity contribution < 1.29 is 4.79 Å². The molecule has 1 saturated heterocycles. The Morgan fingerprint density at radius 1 is 1.35 bits per heavy atom. The number of nitrogens with one attached hydrogen (secondary N) is 2. The van der Waals surface area contributed by atoms with E-state index in [4.69, 9.17) is 0 Å². The lowest BCUT2D eigenvalue weighted by Gasteiger charge is -2.32. The number of hydrogen-bond donors (Lipinski definition) is 2. The fourth-order valence-electron chi connectivity index (χ4n) is 2.34. The third kappa shape index (κ3) is 4.45. The Labute approximate surface area is 120 Å². The lowest BCUT2D eigenvalue weighted by atomic mass is 10.1. The fraction of sp³-hybridized carbons (Fsp3) is 0.643. The topological polar surface area (TPSA) is 70.2 Å². The van der Waals surface area contributed by atoms with Crippen LogP contribution in [-0.2, 0) is 4.79 Å². The lowest BCUT2D eigenvalue weighted by Crippen LogP contribution is -2.47. The molecule has 2 rings (SSSR count). The highest BCUT2D eigenvalue weighted by Gasteiger charge is 2.21. The van der Waals surface area contributed by atoms with E-state index in [0.29, 0.717) is 6.54 Å². The van der Waals surface area contributed by atoms with Crippen molar-refractivity contribution in [2.45, 2.75) is 32.2 Å². The van der Waals surface area contributed by atoms with E-state index in [1.54, 1.807) is 12.4 Å². The maximum atomic E-state index is 11.7. The second-order valence-corrected chi connectivity index (χ2v) is 5.05. The zero-order valence-corrected chi connectivity index (χ0v) is 12.0. The smallest absolute Gasteiger partial charge is 0.234 e. The van der Waals surface area contributed by atoms with E-state index in [9.17, 15) is 4.79 Å². The normalized spacial score (nSPS) is 16.1. The van der Waals surface area contributed by atoms with Crippen LogP contribution in [0.5, 0.6) is 0 Å². The number of carbonyl (C=O) groups excluding carboxylic acids is 1. The Hall–Kier alpha value is -1.69. The minimum absolute atomic E-state index is 0.0906. The Morgan fingerprint density at radius 3 is 2.70 bits per heavy atom. The fourth-order valence-corrected chi connectivity index (χ4v) is 2.34. The molecule has 6 heteroatoms. The Kier molecular flexibility index (Phi) is 5.73. The van der Waals surface area contributed by atoms with Crippen molar-refractivity contribution in [1.29, 1.82) is 0 Å². The molecule has 1 aromatic heterocycles. The van der Waals surface area contributed by atoms with Gasteiger partial charge in [-0.1, -0.05) is 6.92 Å². The number of nitrogens with zero attached hydrogens (tertiary/aromatic N) is 3. The second-order valence-electron chi connectivity index (χ2n) is 5.05. The summed E-state index contributed by atoms with van der Waals surface area (Å²) >= 11 is 0. The Morgan fingerprint density at radius 2 is 2.05 bits per heavy atom. The maximum Gasteiger partial charge on any atom is 0.234 e. The summed E-state index contributed by atoms with van der Waals surface area (Å²) in [6.07, 6.45) is 6.45. The standard InChI is InChI=1S/C14H23N5O/c1-2-6-15-11-13(20)18-12-4-9-19(10-5-12)14-16-7-3-8-17-14/h3,7-8,12,15H,2,4-6,9-11H2,1H3,(H,18,20). The SMILES string of the molecule is CCCNCC(=O)NC1CCN(c2ncccn2)CC1. The summed E-state index contributed by atoms with van der Waals surface area (Å²) in [6, 6.07) is 2.09. The van der Waals surface area contributed by atoms with Gasteiger partial charge in [-0.25, -0.2) is 9.97 Å². The average Bonchev–Trinajstić information content (AvgIpc) is 2.49. The van der Waals surface area contributed by atoms with Gasteiger partial charge in [0.2, 0.25) is 11.9 Å². The number of aromatic nitrogens is 2. The van der Waals surface area contributed by atoms with E-state index >= 15 is 0 Å². The number of anilines is 1. The molecule has 2 N–H and O–H groups in total. The number of amides is 1. The van der Waals surface area contributed by atoms with Gasteiger partial charge in [-0.05, 0) is 31.9 Å². The van der Waals surface area contributed by atoms with Crippen molar-refractivity contribution in [2.24, 2.45) is 0 Å². The van der Waals surface area contributed by atoms with Crippen LogP contribution < -0.4 is 15.5 Å². The monoisotopic (exact) mass is 277 g/mol. The first-order valence-electron chi connectivity index (χ1n) is 7.31. The van der Waals surface area contributed by atoms with Crippen LogP contribution in [0.1, 0.15) is 26.2 Å². The van der Waals surface area contributed by atoms with Crippen molar-refractivity contribution in [2.75, 3.05) is 31.1 Å². The molecule has 20 heavy (non-hydrogen) atoms. The van der Waals surface area contributed by atoms with Crippen LogP contribution in [-0.4, -0.2) is 48.1 Å². The third-order valence-electron chi connectivity index (χ3n) is 3.41. The van der Waals surface area contributed by atoms with Gasteiger partial charge < -0.3 is 15.5 Å². The summed E-state index contributed by atoms with van der Waals surface area (Å²) in [7, 11) is 0. The van der Waals surface area contributed by atoms with Crippen molar-refractivity contribution in [3.05, 3.63) is 18.5 Å². The summed E-state index contributed by atoms with van der Waals surface area (Å²) in [4.78, 5) is 22.4. The maximum absolute atomic E-state index is 11.7. The molecule has 1 fully saturated rings. The molecular formula is C14H23N5O. The van der Waals surface area contributed by atoms with Crippen LogP contribution in [0, 0.1) is 0 Å². The van der Waals surface area contributed by atoms with Gasteiger partial charge in [0.25, 0.3) is 0 Å². The van der Waals surface area contributed by atoms with E-state index in [1.807, 2.05) is 6.07 Å². The second kappa shape index (κ2) is 7.79. The predicted molar refractivity (Wildman–Crippen MR) is 78.6 cm³/mol. The molecule has 0 radical (unpaired) electrons. The van der Waals surface area contributed by atoms with E-state index in [2.05, 4.69) is 32.4 Å². The number of hydrogen-bond acceptors (Lipinski definition) is 5. The van der Waals surface area contributed by atoms with Crippen LogP contribution in [0.15, 0.2) is 18.5 Å². The van der Waals surface area contributed by atoms with Gasteiger partial charge in [0.15, 0.2) is 0 Å². The average molecular weight is 277 g/mol. The molecular weight excluding hydrogens is 254 g/mol. The van der Waals surface area contributed by atoms with Crippen LogP contribution >= 0.6 is 0 Å². The van der Waals surface area contributed by atoms with E-state index in [1.165, 1.54) is 0 Å². The number of carbonyl (C=O) groups is 1. The molecule has 1 aliphatic rings. The molecule has 0 spiro atoms. The van der Waals surface area contributed by atoms with Crippen LogP contribution in [0.25, 0.3) is 0 Å².